The summed E-state index contributed by atoms with van der Waals surface area (Å²) in [7, 11) is 1.97. The lowest BCUT2D eigenvalue weighted by atomic mass is 9.84. The number of anilines is 2. The van der Waals surface area contributed by atoms with Crippen molar-refractivity contribution in [3.8, 4) is 11.3 Å². The molecule has 1 saturated heterocycles. The number of aryl methyl sites for hydroxylation is 1. The van der Waals surface area contributed by atoms with Gasteiger partial charge in [-0.2, -0.15) is 5.10 Å². The summed E-state index contributed by atoms with van der Waals surface area (Å²) >= 11 is 0. The molecule has 3 heterocycles. The van der Waals surface area contributed by atoms with E-state index in [1.807, 2.05) is 24.0 Å². The van der Waals surface area contributed by atoms with Crippen LogP contribution in [-0.4, -0.2) is 38.9 Å². The van der Waals surface area contributed by atoms with Crippen LogP contribution in [0.1, 0.15) is 54.6 Å². The van der Waals surface area contributed by atoms with Crippen molar-refractivity contribution in [2.75, 3.05) is 23.7 Å². The summed E-state index contributed by atoms with van der Waals surface area (Å²) in [6.45, 7) is 5.89. The van der Waals surface area contributed by atoms with Crippen LogP contribution in [-0.2, 0) is 7.05 Å². The van der Waals surface area contributed by atoms with Crippen LogP contribution in [0.3, 0.4) is 0 Å². The van der Waals surface area contributed by atoms with E-state index in [1.165, 1.54) is 6.07 Å². The molecule has 1 fully saturated rings. The van der Waals surface area contributed by atoms with Gasteiger partial charge in [-0.3, -0.25) is 4.68 Å². The van der Waals surface area contributed by atoms with Crippen LogP contribution in [0.2, 0.25) is 0 Å². The first kappa shape index (κ1) is 21.6. The Bertz CT molecular complexity index is 1240. The molecule has 0 spiro atoms. The van der Waals surface area contributed by atoms with Gasteiger partial charge in [-0.25, -0.2) is 14.4 Å². The molecular weight excluding hydrogens is 417 g/mol. The van der Waals surface area contributed by atoms with Crippen LogP contribution in [0.15, 0.2) is 24.4 Å². The average molecular weight is 448 g/mol. The molecule has 172 valence electrons. The lowest BCUT2D eigenvalue weighted by Crippen LogP contribution is -2.40. The second-order valence-electron chi connectivity index (χ2n) is 9.28. The number of fused-ring (bicyclic) bond motifs is 1. The van der Waals surface area contributed by atoms with Crippen LogP contribution < -0.4 is 16.4 Å². The minimum absolute atomic E-state index is 0.126. The molecule has 0 bridgehead atoms. The van der Waals surface area contributed by atoms with Gasteiger partial charge in [0.05, 0.1) is 17.1 Å². The van der Waals surface area contributed by atoms with Gasteiger partial charge in [-0.05, 0) is 50.0 Å². The van der Waals surface area contributed by atoms with Crippen LogP contribution in [0.25, 0.3) is 22.9 Å². The molecule has 0 radical (unpaired) electrons. The SMILES string of the molecule is Cc1c2c(nn1C)C(C)CC(c1cnc(N3CCC(N)CC3)nc1-c1ccc(N)c(F)c1)=C2. The van der Waals surface area contributed by atoms with Crippen LogP contribution >= 0.6 is 0 Å². The molecule has 1 atom stereocenters. The third-order valence-corrected chi connectivity index (χ3v) is 6.94. The molecule has 33 heavy (non-hydrogen) atoms. The van der Waals surface area contributed by atoms with Gasteiger partial charge in [0, 0.05) is 60.7 Å². The summed E-state index contributed by atoms with van der Waals surface area (Å²) in [4.78, 5) is 11.8. The molecule has 2 aromatic heterocycles. The fourth-order valence-corrected chi connectivity index (χ4v) is 4.79. The molecule has 1 unspecified atom stereocenters. The number of hydrogen-bond donors (Lipinski definition) is 2. The fraction of sp³-hybridized carbons (Fsp3) is 0.400. The smallest absolute Gasteiger partial charge is 0.225 e. The van der Waals surface area contributed by atoms with Crippen LogP contribution in [0, 0.1) is 12.7 Å². The molecule has 1 aliphatic carbocycles. The zero-order valence-corrected chi connectivity index (χ0v) is 19.3. The number of rotatable bonds is 3. The highest BCUT2D eigenvalue weighted by Crippen LogP contribution is 2.41. The van der Waals surface area contributed by atoms with Gasteiger partial charge in [0.25, 0.3) is 0 Å². The zero-order chi connectivity index (χ0) is 23.3. The Labute approximate surface area is 193 Å². The Morgan fingerprint density at radius 2 is 1.94 bits per heavy atom. The van der Waals surface area contributed by atoms with Gasteiger partial charge in [0.2, 0.25) is 5.95 Å². The Hall–Kier alpha value is -3.26. The van der Waals surface area contributed by atoms with Gasteiger partial charge in [0.1, 0.15) is 5.82 Å². The second kappa shape index (κ2) is 8.26. The van der Waals surface area contributed by atoms with Crippen molar-refractivity contribution < 1.29 is 4.39 Å². The second-order valence-corrected chi connectivity index (χ2v) is 9.28. The van der Waals surface area contributed by atoms with E-state index in [2.05, 4.69) is 24.8 Å². The van der Waals surface area contributed by atoms with Crippen molar-refractivity contribution in [2.24, 2.45) is 12.8 Å². The van der Waals surface area contributed by atoms with E-state index in [0.29, 0.717) is 11.5 Å². The quantitative estimate of drug-likeness (QED) is 0.591. The van der Waals surface area contributed by atoms with E-state index in [4.69, 9.17) is 26.5 Å². The zero-order valence-electron chi connectivity index (χ0n) is 19.3. The molecule has 1 aromatic carbocycles. The standard InChI is InChI=1S/C25H30FN7/c1-14-10-17(11-19-15(2)32(3)31-23(14)19)20-13-29-25(33-8-6-18(27)7-9-33)30-24(20)16-4-5-22(28)21(26)12-16/h4-5,11-14,18H,6-10,27-28H2,1-3H3. The average Bonchev–Trinajstić information content (AvgIpc) is 3.10. The van der Waals surface area contributed by atoms with Gasteiger partial charge in [0.15, 0.2) is 0 Å². The van der Waals surface area contributed by atoms with Crippen molar-refractivity contribution >= 4 is 23.3 Å². The van der Waals surface area contributed by atoms with Crippen molar-refractivity contribution in [3.63, 3.8) is 0 Å². The number of piperidine rings is 1. The Morgan fingerprint density at radius 1 is 1.18 bits per heavy atom. The highest BCUT2D eigenvalue weighted by atomic mass is 19.1. The number of aromatic nitrogens is 4. The van der Waals surface area contributed by atoms with E-state index >= 15 is 0 Å². The minimum atomic E-state index is -0.445. The fourth-order valence-electron chi connectivity index (χ4n) is 4.79. The summed E-state index contributed by atoms with van der Waals surface area (Å²) in [5.74, 6) is 0.471. The number of nitrogen functional groups attached to an aromatic ring is 1. The molecular formula is C25H30FN7. The summed E-state index contributed by atoms with van der Waals surface area (Å²) in [5.41, 5.74) is 18.8. The molecule has 2 aliphatic rings. The van der Waals surface area contributed by atoms with E-state index < -0.39 is 5.82 Å². The summed E-state index contributed by atoms with van der Waals surface area (Å²) in [5, 5.41) is 4.70. The molecule has 4 N–H and O–H groups in total. The van der Waals surface area contributed by atoms with Gasteiger partial charge < -0.3 is 16.4 Å². The third kappa shape index (κ3) is 3.88. The van der Waals surface area contributed by atoms with Crippen molar-refractivity contribution in [1.29, 1.82) is 0 Å². The van der Waals surface area contributed by atoms with E-state index in [9.17, 15) is 4.39 Å². The Kier molecular flexibility index (Phi) is 5.40. The van der Waals surface area contributed by atoms with Gasteiger partial charge >= 0.3 is 0 Å². The first-order valence-electron chi connectivity index (χ1n) is 11.5. The van der Waals surface area contributed by atoms with E-state index in [0.717, 1.165) is 66.1 Å². The number of nitrogens with zero attached hydrogens (tertiary/aromatic N) is 5. The molecule has 7 nitrogen and oxygen atoms in total. The lowest BCUT2D eigenvalue weighted by molar-refractivity contribution is 0.495. The first-order chi connectivity index (χ1) is 15.8. The lowest BCUT2D eigenvalue weighted by Gasteiger charge is -2.30. The van der Waals surface area contributed by atoms with E-state index in [-0.39, 0.29) is 17.6 Å². The summed E-state index contributed by atoms with van der Waals surface area (Å²) in [6.07, 6.45) is 6.70. The van der Waals surface area contributed by atoms with Crippen molar-refractivity contribution in [2.45, 2.75) is 45.1 Å². The Morgan fingerprint density at radius 3 is 2.67 bits per heavy atom. The normalized spacial score (nSPS) is 18.9. The maximum atomic E-state index is 14.4. The Balaban J connectivity index is 1.64. The first-order valence-corrected chi connectivity index (χ1v) is 11.5. The monoisotopic (exact) mass is 447 g/mol. The molecule has 0 saturated carbocycles. The predicted octanol–water partition coefficient (Wildman–Crippen LogP) is 3.88. The van der Waals surface area contributed by atoms with Crippen molar-refractivity contribution in [3.05, 3.63) is 52.7 Å². The largest absolute Gasteiger partial charge is 0.396 e. The molecule has 0 amide bonds. The summed E-state index contributed by atoms with van der Waals surface area (Å²) in [6, 6.07) is 5.10. The topological polar surface area (TPSA) is 98.9 Å². The van der Waals surface area contributed by atoms with Crippen LogP contribution in [0.4, 0.5) is 16.0 Å². The summed E-state index contributed by atoms with van der Waals surface area (Å²) < 4.78 is 16.4. The van der Waals surface area contributed by atoms with Gasteiger partial charge in [-0.15, -0.1) is 0 Å². The number of halogens is 1. The highest BCUT2D eigenvalue weighted by Gasteiger charge is 2.27. The number of nitrogens with two attached hydrogens (primary N) is 2. The molecule has 8 heteroatoms. The minimum Gasteiger partial charge on any atom is -0.396 e. The molecule has 1 aliphatic heterocycles. The number of hydrogen-bond acceptors (Lipinski definition) is 6. The molecule has 3 aromatic rings. The van der Waals surface area contributed by atoms with Crippen molar-refractivity contribution in [1.82, 2.24) is 19.7 Å². The van der Waals surface area contributed by atoms with Crippen LogP contribution in [0.5, 0.6) is 0 Å². The number of benzene rings is 1. The maximum absolute atomic E-state index is 14.4. The molecule has 5 rings (SSSR count). The highest BCUT2D eigenvalue weighted by molar-refractivity contribution is 5.90. The third-order valence-electron chi connectivity index (χ3n) is 6.94. The predicted molar refractivity (Wildman–Crippen MR) is 130 cm³/mol. The van der Waals surface area contributed by atoms with E-state index in [1.54, 1.807) is 6.07 Å². The van der Waals surface area contributed by atoms with Gasteiger partial charge in [-0.1, -0.05) is 13.0 Å². The number of allylic oxidation sites excluding steroid dienone is 1. The maximum Gasteiger partial charge on any atom is 0.225 e.